The Labute approximate surface area is 177 Å². The molecular weight excluding hydrogens is 374 g/mol. The predicted molar refractivity (Wildman–Crippen MR) is 123 cm³/mol. The highest BCUT2D eigenvalue weighted by Gasteiger charge is 2.41. The smallest absolute Gasteiger partial charge is 0.127 e. The van der Waals surface area contributed by atoms with E-state index in [4.69, 9.17) is 14.5 Å². The minimum Gasteiger partial charge on any atom is -0.457 e. The molecule has 0 unspecified atom stereocenters. The van der Waals surface area contributed by atoms with Crippen LogP contribution in [0.1, 0.15) is 18.4 Å². The Hall–Kier alpha value is -3.31. The number of nitrogens with one attached hydrogen (secondary N) is 2. The van der Waals surface area contributed by atoms with Gasteiger partial charge in [0.1, 0.15) is 17.3 Å². The highest BCUT2D eigenvalue weighted by molar-refractivity contribution is 6.09. The van der Waals surface area contributed by atoms with Gasteiger partial charge in [-0.05, 0) is 42.0 Å². The predicted octanol–water partition coefficient (Wildman–Crippen LogP) is 5.31. The van der Waals surface area contributed by atoms with Gasteiger partial charge in [-0.15, -0.1) is 0 Å². The molecule has 5 heteroatoms. The van der Waals surface area contributed by atoms with Crippen molar-refractivity contribution >= 4 is 17.2 Å². The summed E-state index contributed by atoms with van der Waals surface area (Å²) in [5.41, 5.74) is 3.02. The molecule has 0 saturated carbocycles. The Kier molecular flexibility index (Phi) is 6.00. The molecule has 30 heavy (non-hydrogen) atoms. The van der Waals surface area contributed by atoms with Gasteiger partial charge in [0.15, 0.2) is 0 Å². The standard InChI is InChI=1S/C25H27N3O2/c1-3-8-20(4-2)30-21-10-7-9-19(17-21)18-26-24-25(13-15-29-16-14-25)28-23-12-6-5-11-22(23)27-24/h3-12,17,28H,1-2,13-16,18H2,(H,26,27)/b20-8+. The molecule has 1 spiro atoms. The van der Waals surface area contributed by atoms with Crippen LogP contribution in [0, 0.1) is 0 Å². The number of amidine groups is 1. The Morgan fingerprint density at radius 1 is 1.10 bits per heavy atom. The largest absolute Gasteiger partial charge is 0.457 e. The second kappa shape index (κ2) is 9.01. The molecule has 2 N–H and O–H groups in total. The van der Waals surface area contributed by atoms with E-state index in [2.05, 4.69) is 42.0 Å². The molecular formula is C25H27N3O2. The van der Waals surface area contributed by atoms with E-state index in [0.717, 1.165) is 54.6 Å². The summed E-state index contributed by atoms with van der Waals surface area (Å²) >= 11 is 0. The van der Waals surface area contributed by atoms with Gasteiger partial charge >= 0.3 is 0 Å². The number of allylic oxidation sites excluding steroid dienone is 3. The van der Waals surface area contributed by atoms with Gasteiger partial charge in [-0.3, -0.25) is 4.99 Å². The normalized spacial score (nSPS) is 18.8. The molecule has 0 amide bonds. The fourth-order valence-electron chi connectivity index (χ4n) is 3.81. The van der Waals surface area contributed by atoms with E-state index in [-0.39, 0.29) is 5.54 Å². The van der Waals surface area contributed by atoms with E-state index in [1.807, 2.05) is 30.3 Å². The number of aliphatic imine (C=N–C) groups is 1. The summed E-state index contributed by atoms with van der Waals surface area (Å²) in [6.07, 6.45) is 6.89. The maximum absolute atomic E-state index is 5.87. The summed E-state index contributed by atoms with van der Waals surface area (Å²) in [5.74, 6) is 2.38. The lowest BCUT2D eigenvalue weighted by atomic mass is 9.86. The Morgan fingerprint density at radius 3 is 2.67 bits per heavy atom. The van der Waals surface area contributed by atoms with Crippen LogP contribution in [0.15, 0.2) is 90.7 Å². The molecule has 0 radical (unpaired) electrons. The van der Waals surface area contributed by atoms with E-state index in [9.17, 15) is 0 Å². The maximum atomic E-state index is 5.87. The van der Waals surface area contributed by atoms with Crippen LogP contribution in [-0.4, -0.2) is 24.6 Å². The van der Waals surface area contributed by atoms with Gasteiger partial charge in [0.25, 0.3) is 0 Å². The van der Waals surface area contributed by atoms with Crippen LogP contribution in [-0.2, 0) is 11.3 Å². The van der Waals surface area contributed by atoms with Crippen molar-refractivity contribution in [1.29, 1.82) is 0 Å². The van der Waals surface area contributed by atoms with Crippen LogP contribution >= 0.6 is 0 Å². The number of rotatable bonds is 6. The van der Waals surface area contributed by atoms with Crippen molar-refractivity contribution < 1.29 is 9.47 Å². The summed E-state index contributed by atoms with van der Waals surface area (Å²) in [5, 5.41) is 7.30. The maximum Gasteiger partial charge on any atom is 0.127 e. The van der Waals surface area contributed by atoms with E-state index in [1.54, 1.807) is 18.2 Å². The van der Waals surface area contributed by atoms with Gasteiger partial charge in [-0.1, -0.05) is 43.5 Å². The lowest BCUT2D eigenvalue weighted by molar-refractivity contribution is 0.0778. The molecule has 2 aromatic carbocycles. The van der Waals surface area contributed by atoms with Crippen molar-refractivity contribution in [2.45, 2.75) is 24.9 Å². The van der Waals surface area contributed by atoms with Gasteiger partial charge < -0.3 is 20.1 Å². The molecule has 5 nitrogen and oxygen atoms in total. The molecule has 0 aliphatic carbocycles. The van der Waals surface area contributed by atoms with Crippen molar-refractivity contribution in [3.63, 3.8) is 0 Å². The summed E-state index contributed by atoms with van der Waals surface area (Å²) in [6, 6.07) is 16.2. The van der Waals surface area contributed by atoms with Crippen molar-refractivity contribution in [3.8, 4) is 5.75 Å². The van der Waals surface area contributed by atoms with E-state index >= 15 is 0 Å². The van der Waals surface area contributed by atoms with Crippen LogP contribution < -0.4 is 15.4 Å². The van der Waals surface area contributed by atoms with Crippen LogP contribution in [0.3, 0.4) is 0 Å². The van der Waals surface area contributed by atoms with Gasteiger partial charge in [0, 0.05) is 26.1 Å². The van der Waals surface area contributed by atoms with Gasteiger partial charge in [-0.2, -0.15) is 0 Å². The summed E-state index contributed by atoms with van der Waals surface area (Å²) in [4.78, 5) is 4.99. The van der Waals surface area contributed by atoms with Crippen molar-refractivity contribution in [2.24, 2.45) is 4.99 Å². The van der Waals surface area contributed by atoms with Crippen LogP contribution in [0.4, 0.5) is 11.4 Å². The van der Waals surface area contributed by atoms with Crippen molar-refractivity contribution in [3.05, 3.63) is 91.2 Å². The number of anilines is 2. The number of fused-ring (bicyclic) bond motifs is 1. The summed E-state index contributed by atoms with van der Waals surface area (Å²) in [7, 11) is 0. The fourth-order valence-corrected chi connectivity index (χ4v) is 3.81. The lowest BCUT2D eigenvalue weighted by Crippen LogP contribution is -2.55. The first-order valence-corrected chi connectivity index (χ1v) is 10.2. The SMILES string of the molecule is C=C/C=C(\C=C)Oc1cccc(CN=C2Nc3ccccc3NC23CCOCC3)c1. The Morgan fingerprint density at radius 2 is 1.90 bits per heavy atom. The molecule has 2 aliphatic rings. The topological polar surface area (TPSA) is 54.9 Å². The minimum absolute atomic E-state index is 0.219. The van der Waals surface area contributed by atoms with E-state index in [0.29, 0.717) is 12.3 Å². The molecule has 2 aromatic rings. The van der Waals surface area contributed by atoms with Crippen molar-refractivity contribution in [2.75, 3.05) is 23.8 Å². The molecule has 1 saturated heterocycles. The average molecular weight is 402 g/mol. The molecule has 0 atom stereocenters. The van der Waals surface area contributed by atoms with Crippen LogP contribution in [0.25, 0.3) is 0 Å². The first-order valence-electron chi connectivity index (χ1n) is 10.2. The highest BCUT2D eigenvalue weighted by Crippen LogP contribution is 2.36. The van der Waals surface area contributed by atoms with Crippen LogP contribution in [0.5, 0.6) is 5.75 Å². The van der Waals surface area contributed by atoms with Gasteiger partial charge in [0.2, 0.25) is 0 Å². The third-order valence-electron chi connectivity index (χ3n) is 5.39. The number of ether oxygens (including phenoxy) is 2. The zero-order valence-corrected chi connectivity index (χ0v) is 17.1. The highest BCUT2D eigenvalue weighted by atomic mass is 16.5. The number of nitrogens with zero attached hydrogens (tertiary/aromatic N) is 1. The quantitative estimate of drug-likeness (QED) is 0.509. The average Bonchev–Trinajstić information content (AvgIpc) is 2.78. The second-order valence-corrected chi connectivity index (χ2v) is 7.41. The second-order valence-electron chi connectivity index (χ2n) is 7.41. The first-order chi connectivity index (χ1) is 14.7. The number of hydrogen-bond acceptors (Lipinski definition) is 4. The number of benzene rings is 2. The number of hydrogen-bond donors (Lipinski definition) is 2. The molecule has 154 valence electrons. The molecule has 2 aliphatic heterocycles. The molecule has 4 rings (SSSR count). The zero-order chi connectivity index (χ0) is 20.8. The van der Waals surface area contributed by atoms with E-state index in [1.165, 1.54) is 0 Å². The molecule has 0 bridgehead atoms. The Bertz CT molecular complexity index is 987. The summed E-state index contributed by atoms with van der Waals surface area (Å²) < 4.78 is 11.5. The third kappa shape index (κ3) is 4.31. The van der Waals surface area contributed by atoms with Gasteiger partial charge in [-0.25, -0.2) is 0 Å². The molecule has 2 heterocycles. The van der Waals surface area contributed by atoms with E-state index < -0.39 is 0 Å². The first kappa shape index (κ1) is 20.0. The lowest BCUT2D eigenvalue weighted by Gasteiger charge is -2.43. The van der Waals surface area contributed by atoms with Crippen molar-refractivity contribution in [1.82, 2.24) is 0 Å². The van der Waals surface area contributed by atoms with Crippen LogP contribution in [0.2, 0.25) is 0 Å². The monoisotopic (exact) mass is 401 g/mol. The van der Waals surface area contributed by atoms with Gasteiger partial charge in [0.05, 0.1) is 23.5 Å². The number of para-hydroxylation sites is 2. The third-order valence-corrected chi connectivity index (χ3v) is 5.39. The summed E-state index contributed by atoms with van der Waals surface area (Å²) in [6.45, 7) is 9.48. The Balaban J connectivity index is 1.57. The minimum atomic E-state index is -0.219. The molecule has 0 aromatic heterocycles. The molecule has 1 fully saturated rings. The zero-order valence-electron chi connectivity index (χ0n) is 17.1. The fraction of sp³-hybridized carbons (Fsp3) is 0.240.